The summed E-state index contributed by atoms with van der Waals surface area (Å²) in [6.45, 7) is 2.55. The zero-order chi connectivity index (χ0) is 15.3. The molecule has 1 fully saturated rings. The molecule has 1 rings (SSSR count). The van der Waals surface area contributed by atoms with Gasteiger partial charge >= 0.3 is 5.97 Å². The van der Waals surface area contributed by atoms with E-state index < -0.39 is 22.2 Å². The first kappa shape index (κ1) is 16.8. The Morgan fingerprint density at radius 2 is 1.85 bits per heavy atom. The average Bonchev–Trinajstić information content (AvgIpc) is 2.38. The highest BCUT2D eigenvalue weighted by atomic mass is 32.2. The lowest BCUT2D eigenvalue weighted by Gasteiger charge is -2.33. The number of nitrogens with one attached hydrogen (secondary N) is 1. The summed E-state index contributed by atoms with van der Waals surface area (Å²) in [7, 11) is -3.66. The third-order valence-corrected chi connectivity index (χ3v) is 4.69. The van der Waals surface area contributed by atoms with Crippen molar-refractivity contribution in [3.63, 3.8) is 0 Å². The first-order valence-corrected chi connectivity index (χ1v) is 7.66. The molecular formula is C10H20N4O5S. The molecule has 0 aromatic heterocycles. The average molecular weight is 308 g/mol. The van der Waals surface area contributed by atoms with Crippen LogP contribution in [0.1, 0.15) is 13.3 Å². The van der Waals surface area contributed by atoms with Gasteiger partial charge in [-0.2, -0.15) is 12.7 Å². The van der Waals surface area contributed by atoms with E-state index in [1.54, 1.807) is 4.90 Å². The number of aliphatic carboxylic acids is 1. The molecule has 1 aliphatic heterocycles. The van der Waals surface area contributed by atoms with Crippen molar-refractivity contribution in [2.75, 3.05) is 32.7 Å². The van der Waals surface area contributed by atoms with Crippen molar-refractivity contribution >= 4 is 22.1 Å². The summed E-state index contributed by atoms with van der Waals surface area (Å²) in [4.78, 5) is 23.2. The number of hydrogen-bond acceptors (Lipinski definition) is 5. The SMILES string of the molecule is CC(=O)N1CCN(S(=O)(=O)NCCC(N)C(=O)O)CC1. The molecule has 9 nitrogen and oxygen atoms in total. The van der Waals surface area contributed by atoms with Gasteiger partial charge in [0.1, 0.15) is 6.04 Å². The number of nitrogens with zero attached hydrogens (tertiary/aromatic N) is 2. The quantitative estimate of drug-likeness (QED) is 0.509. The Morgan fingerprint density at radius 1 is 1.30 bits per heavy atom. The Balaban J connectivity index is 2.42. The molecule has 0 saturated carbocycles. The van der Waals surface area contributed by atoms with Gasteiger partial charge in [0.25, 0.3) is 10.2 Å². The largest absolute Gasteiger partial charge is 0.480 e. The smallest absolute Gasteiger partial charge is 0.320 e. The van der Waals surface area contributed by atoms with Crippen molar-refractivity contribution in [3.8, 4) is 0 Å². The predicted molar refractivity (Wildman–Crippen MR) is 71.0 cm³/mol. The zero-order valence-corrected chi connectivity index (χ0v) is 12.1. The Hall–Kier alpha value is -1.23. The highest BCUT2D eigenvalue weighted by Gasteiger charge is 2.27. The molecule has 0 aliphatic carbocycles. The van der Waals surface area contributed by atoms with E-state index in [-0.39, 0.29) is 32.0 Å². The maximum Gasteiger partial charge on any atom is 0.320 e. The fourth-order valence-electron chi connectivity index (χ4n) is 1.80. The van der Waals surface area contributed by atoms with E-state index in [1.165, 1.54) is 11.2 Å². The lowest BCUT2D eigenvalue weighted by Crippen LogP contribution is -2.53. The van der Waals surface area contributed by atoms with Gasteiger partial charge in [-0.05, 0) is 6.42 Å². The second kappa shape index (κ2) is 6.97. The molecule has 0 radical (unpaired) electrons. The van der Waals surface area contributed by atoms with Gasteiger partial charge in [-0.15, -0.1) is 0 Å². The van der Waals surface area contributed by atoms with Crippen LogP contribution in [0.15, 0.2) is 0 Å². The molecule has 0 aromatic carbocycles. The van der Waals surface area contributed by atoms with Gasteiger partial charge in [0.05, 0.1) is 0 Å². The monoisotopic (exact) mass is 308 g/mol. The number of carbonyl (C=O) groups excluding carboxylic acids is 1. The van der Waals surface area contributed by atoms with E-state index in [0.29, 0.717) is 13.1 Å². The van der Waals surface area contributed by atoms with E-state index in [9.17, 15) is 18.0 Å². The van der Waals surface area contributed by atoms with Crippen LogP contribution in [0.2, 0.25) is 0 Å². The Labute approximate surface area is 117 Å². The summed E-state index contributed by atoms with van der Waals surface area (Å²) in [5.41, 5.74) is 5.28. The van der Waals surface area contributed by atoms with Gasteiger partial charge in [0, 0.05) is 39.6 Å². The Bertz CT molecular complexity index is 458. The summed E-state index contributed by atoms with van der Waals surface area (Å²) < 4.78 is 27.4. The molecule has 0 aromatic rings. The molecule has 1 amide bonds. The van der Waals surface area contributed by atoms with Crippen LogP contribution in [-0.2, 0) is 19.8 Å². The first-order chi connectivity index (χ1) is 9.24. The van der Waals surface area contributed by atoms with Gasteiger partial charge in [-0.1, -0.05) is 0 Å². The Kier molecular flexibility index (Phi) is 5.87. The van der Waals surface area contributed by atoms with Crippen molar-refractivity contribution in [2.24, 2.45) is 5.73 Å². The number of hydrogen-bond donors (Lipinski definition) is 3. The number of piperazine rings is 1. The van der Waals surface area contributed by atoms with Crippen LogP contribution in [0.5, 0.6) is 0 Å². The highest BCUT2D eigenvalue weighted by Crippen LogP contribution is 2.06. The summed E-state index contributed by atoms with van der Waals surface area (Å²) in [5.74, 6) is -1.25. The van der Waals surface area contributed by atoms with Crippen LogP contribution in [-0.4, -0.2) is 73.4 Å². The van der Waals surface area contributed by atoms with Gasteiger partial charge in [0.15, 0.2) is 0 Å². The maximum absolute atomic E-state index is 11.9. The molecule has 0 spiro atoms. The number of amides is 1. The molecule has 4 N–H and O–H groups in total. The van der Waals surface area contributed by atoms with E-state index in [2.05, 4.69) is 4.72 Å². The van der Waals surface area contributed by atoms with Crippen LogP contribution >= 0.6 is 0 Å². The Morgan fingerprint density at radius 3 is 2.30 bits per heavy atom. The first-order valence-electron chi connectivity index (χ1n) is 6.22. The summed E-state index contributed by atoms with van der Waals surface area (Å²) in [6.07, 6.45) is 0.0158. The van der Waals surface area contributed by atoms with Crippen molar-refractivity contribution < 1.29 is 23.1 Å². The topological polar surface area (TPSA) is 133 Å². The minimum Gasteiger partial charge on any atom is -0.480 e. The highest BCUT2D eigenvalue weighted by molar-refractivity contribution is 7.87. The number of carboxylic acid groups (broad SMARTS) is 1. The molecule has 1 heterocycles. The standard InChI is InChI=1S/C10H20N4O5S/c1-8(15)13-4-6-14(7-5-13)20(18,19)12-3-2-9(11)10(16)17/h9,12H,2-7,11H2,1H3,(H,16,17). The third kappa shape index (κ3) is 4.71. The molecule has 1 saturated heterocycles. The molecule has 1 aliphatic rings. The predicted octanol–water partition coefficient (Wildman–Crippen LogP) is -2.21. The second-order valence-electron chi connectivity index (χ2n) is 4.54. The zero-order valence-electron chi connectivity index (χ0n) is 11.3. The van der Waals surface area contributed by atoms with Crippen LogP contribution in [0.3, 0.4) is 0 Å². The molecule has 116 valence electrons. The second-order valence-corrected chi connectivity index (χ2v) is 6.29. The van der Waals surface area contributed by atoms with Gasteiger partial charge < -0.3 is 15.7 Å². The van der Waals surface area contributed by atoms with E-state index >= 15 is 0 Å². The van der Waals surface area contributed by atoms with Crippen molar-refractivity contribution in [1.82, 2.24) is 13.9 Å². The molecule has 20 heavy (non-hydrogen) atoms. The molecule has 0 bridgehead atoms. The van der Waals surface area contributed by atoms with E-state index in [1.807, 2.05) is 0 Å². The van der Waals surface area contributed by atoms with Crippen LogP contribution in [0, 0.1) is 0 Å². The van der Waals surface area contributed by atoms with Crippen LogP contribution in [0.4, 0.5) is 0 Å². The van der Waals surface area contributed by atoms with Crippen molar-refractivity contribution in [2.45, 2.75) is 19.4 Å². The van der Waals surface area contributed by atoms with Crippen molar-refractivity contribution in [3.05, 3.63) is 0 Å². The van der Waals surface area contributed by atoms with Crippen molar-refractivity contribution in [1.29, 1.82) is 0 Å². The van der Waals surface area contributed by atoms with Gasteiger partial charge in [-0.3, -0.25) is 9.59 Å². The molecular weight excluding hydrogens is 288 g/mol. The number of carboxylic acids is 1. The fraction of sp³-hybridized carbons (Fsp3) is 0.800. The van der Waals surface area contributed by atoms with E-state index in [4.69, 9.17) is 10.8 Å². The molecule has 10 heteroatoms. The maximum atomic E-state index is 11.9. The van der Waals surface area contributed by atoms with Crippen LogP contribution in [0.25, 0.3) is 0 Å². The number of nitrogens with two attached hydrogens (primary N) is 1. The van der Waals surface area contributed by atoms with E-state index in [0.717, 1.165) is 0 Å². The lowest BCUT2D eigenvalue weighted by atomic mass is 10.2. The van der Waals surface area contributed by atoms with Gasteiger partial charge in [0.2, 0.25) is 5.91 Å². The molecule has 1 atom stereocenters. The fourth-order valence-corrected chi connectivity index (χ4v) is 3.00. The summed E-state index contributed by atoms with van der Waals surface area (Å²) >= 11 is 0. The lowest BCUT2D eigenvalue weighted by molar-refractivity contribution is -0.138. The minimum atomic E-state index is -3.66. The molecule has 1 unspecified atom stereocenters. The normalized spacial score (nSPS) is 18.8. The van der Waals surface area contributed by atoms with Crippen LogP contribution < -0.4 is 10.5 Å². The number of rotatable bonds is 6. The summed E-state index contributed by atoms with van der Waals surface area (Å²) in [5, 5.41) is 8.59. The third-order valence-electron chi connectivity index (χ3n) is 3.08. The number of carbonyl (C=O) groups is 2. The minimum absolute atomic E-state index is 0.0158. The summed E-state index contributed by atoms with van der Waals surface area (Å²) in [6, 6.07) is -1.09. The van der Waals surface area contributed by atoms with Gasteiger partial charge in [-0.25, -0.2) is 4.72 Å².